The summed E-state index contributed by atoms with van der Waals surface area (Å²) in [5, 5.41) is 6.75. The number of halogens is 3. The van der Waals surface area contributed by atoms with Gasteiger partial charge in [-0.3, -0.25) is 0 Å². The number of ether oxygens (including phenoxy) is 2. The second-order valence-corrected chi connectivity index (χ2v) is 13.1. The maximum atomic E-state index is 14.8. The predicted octanol–water partition coefficient (Wildman–Crippen LogP) is 5.66. The topological polar surface area (TPSA) is 119 Å². The molecule has 0 aliphatic carbocycles. The quantitative estimate of drug-likeness (QED) is 0.277. The Morgan fingerprint density at radius 1 is 1.07 bits per heavy atom. The molecule has 2 aliphatic heterocycles. The fourth-order valence-electron chi connectivity index (χ4n) is 6.03. The van der Waals surface area contributed by atoms with Gasteiger partial charge < -0.3 is 29.1 Å². The Balaban J connectivity index is 1.15. The maximum absolute atomic E-state index is 14.8. The van der Waals surface area contributed by atoms with Crippen LogP contribution in [0.2, 0.25) is 0 Å². The van der Waals surface area contributed by atoms with E-state index in [0.29, 0.717) is 42.2 Å². The molecule has 3 atom stereocenters. The molecular formula is C32H42F3N7O4. The van der Waals surface area contributed by atoms with Crippen molar-refractivity contribution in [2.45, 2.75) is 77.9 Å². The standard InChI is InChI=1S/C32H42F3N7O4/c1-6-28-39-30(46-40-28)41-10-7-20(8-11-41)19(2)9-12-44-21-15-36-29(37-16-21)42-17-23(22-13-25(34)26(35)14-24(22)33)27(18-42)38-31(43)45-32(3,4)5/h13-16,19-20,23,27H,6-12,17-18H2,1-5H3,(H,38,43)/t19-,23-,27+/m1/s1. The van der Waals surface area contributed by atoms with E-state index in [9.17, 15) is 18.0 Å². The molecule has 4 heterocycles. The number of carbonyl (C=O) groups excluding carboxylic acids is 1. The molecule has 5 rings (SSSR count). The summed E-state index contributed by atoms with van der Waals surface area (Å²) < 4.78 is 59.3. The van der Waals surface area contributed by atoms with Gasteiger partial charge >= 0.3 is 12.1 Å². The monoisotopic (exact) mass is 645 g/mol. The lowest BCUT2D eigenvalue weighted by molar-refractivity contribution is 0.0504. The molecule has 0 unspecified atom stereocenters. The van der Waals surface area contributed by atoms with Gasteiger partial charge in [-0.15, -0.1) is 0 Å². The molecular weight excluding hydrogens is 603 g/mol. The van der Waals surface area contributed by atoms with Gasteiger partial charge in [0.2, 0.25) is 5.95 Å². The highest BCUT2D eigenvalue weighted by atomic mass is 19.2. The Kier molecular flexibility index (Phi) is 10.2. The third-order valence-electron chi connectivity index (χ3n) is 8.59. The number of alkyl carbamates (subject to hydrolysis) is 1. The minimum Gasteiger partial charge on any atom is -0.490 e. The van der Waals surface area contributed by atoms with Crippen LogP contribution in [0, 0.1) is 29.3 Å². The normalized spacial score (nSPS) is 19.7. The van der Waals surface area contributed by atoms with Crippen molar-refractivity contribution in [3.63, 3.8) is 0 Å². The van der Waals surface area contributed by atoms with Gasteiger partial charge in [-0.1, -0.05) is 19.0 Å². The van der Waals surface area contributed by atoms with Gasteiger partial charge in [0.25, 0.3) is 0 Å². The smallest absolute Gasteiger partial charge is 0.407 e. The number of anilines is 2. The zero-order valence-electron chi connectivity index (χ0n) is 26.9. The SMILES string of the molecule is CCc1noc(N2CCC([C@H](C)CCOc3cnc(N4C[C@H](NC(=O)OC(C)(C)C)[C@@H](c5cc(F)c(F)cc5F)C4)nc3)CC2)n1. The number of aromatic nitrogens is 4. The number of hydrogen-bond donors (Lipinski definition) is 1. The van der Waals surface area contributed by atoms with Crippen LogP contribution in [0.3, 0.4) is 0 Å². The van der Waals surface area contributed by atoms with Crippen molar-refractivity contribution in [2.75, 3.05) is 42.6 Å². The van der Waals surface area contributed by atoms with E-state index in [1.165, 1.54) is 0 Å². The van der Waals surface area contributed by atoms with Gasteiger partial charge in [0, 0.05) is 44.6 Å². The molecule has 2 aliphatic rings. The zero-order chi connectivity index (χ0) is 33.0. The number of piperidine rings is 1. The van der Waals surface area contributed by atoms with Crippen LogP contribution < -0.4 is 19.9 Å². The van der Waals surface area contributed by atoms with Gasteiger partial charge in [0.05, 0.1) is 25.0 Å². The summed E-state index contributed by atoms with van der Waals surface area (Å²) in [6.45, 7) is 12.0. The number of aryl methyl sites for hydroxylation is 1. The third-order valence-corrected chi connectivity index (χ3v) is 8.59. The summed E-state index contributed by atoms with van der Waals surface area (Å²) in [6, 6.07) is 1.27. The molecule has 46 heavy (non-hydrogen) atoms. The number of nitrogens with zero attached hydrogens (tertiary/aromatic N) is 6. The third kappa shape index (κ3) is 8.18. The first kappa shape index (κ1) is 33.3. The molecule has 3 aromatic rings. The minimum atomic E-state index is -1.28. The summed E-state index contributed by atoms with van der Waals surface area (Å²) in [7, 11) is 0. The van der Waals surface area contributed by atoms with E-state index < -0.39 is 41.1 Å². The summed E-state index contributed by atoms with van der Waals surface area (Å²) in [5.41, 5.74) is -0.809. The molecule has 2 fully saturated rings. The molecule has 1 aromatic carbocycles. The number of hydrogen-bond acceptors (Lipinski definition) is 10. The second-order valence-electron chi connectivity index (χ2n) is 13.1. The Morgan fingerprint density at radius 3 is 2.41 bits per heavy atom. The lowest BCUT2D eigenvalue weighted by Crippen LogP contribution is -2.43. The van der Waals surface area contributed by atoms with Crippen molar-refractivity contribution in [1.82, 2.24) is 25.4 Å². The van der Waals surface area contributed by atoms with Crippen LogP contribution in [-0.4, -0.2) is 70.6 Å². The zero-order valence-corrected chi connectivity index (χ0v) is 26.9. The van der Waals surface area contributed by atoms with E-state index >= 15 is 0 Å². The molecule has 1 amide bonds. The molecule has 14 heteroatoms. The van der Waals surface area contributed by atoms with Crippen molar-refractivity contribution in [1.29, 1.82) is 0 Å². The predicted molar refractivity (Wildman–Crippen MR) is 164 cm³/mol. The largest absolute Gasteiger partial charge is 0.490 e. The van der Waals surface area contributed by atoms with E-state index in [4.69, 9.17) is 14.0 Å². The van der Waals surface area contributed by atoms with Crippen LogP contribution in [0.15, 0.2) is 29.0 Å². The number of rotatable bonds is 10. The van der Waals surface area contributed by atoms with Gasteiger partial charge in [-0.2, -0.15) is 4.98 Å². The van der Waals surface area contributed by atoms with Crippen molar-refractivity contribution in [2.24, 2.45) is 11.8 Å². The van der Waals surface area contributed by atoms with Crippen LogP contribution in [0.25, 0.3) is 0 Å². The van der Waals surface area contributed by atoms with E-state index in [1.54, 1.807) is 38.1 Å². The fraction of sp³-hybridized carbons (Fsp3) is 0.594. The van der Waals surface area contributed by atoms with Gasteiger partial charge in [-0.05, 0) is 63.5 Å². The fourth-order valence-corrected chi connectivity index (χ4v) is 6.03. The van der Waals surface area contributed by atoms with Crippen LogP contribution in [-0.2, 0) is 11.2 Å². The molecule has 250 valence electrons. The van der Waals surface area contributed by atoms with E-state index in [2.05, 4.69) is 37.2 Å². The summed E-state index contributed by atoms with van der Waals surface area (Å²) in [4.78, 5) is 29.8. The highest BCUT2D eigenvalue weighted by Crippen LogP contribution is 2.33. The van der Waals surface area contributed by atoms with Crippen molar-refractivity contribution >= 4 is 18.1 Å². The molecule has 0 radical (unpaired) electrons. The first-order valence-corrected chi connectivity index (χ1v) is 15.8. The van der Waals surface area contributed by atoms with Crippen molar-refractivity contribution < 1.29 is 32.0 Å². The van der Waals surface area contributed by atoms with Crippen LogP contribution in [0.1, 0.15) is 71.2 Å². The summed E-state index contributed by atoms with van der Waals surface area (Å²) >= 11 is 0. The molecule has 2 saturated heterocycles. The Labute approximate surface area is 266 Å². The summed E-state index contributed by atoms with van der Waals surface area (Å²) in [5.74, 6) is -1.46. The lowest BCUT2D eigenvalue weighted by Gasteiger charge is -2.33. The van der Waals surface area contributed by atoms with Gasteiger partial charge in [0.15, 0.2) is 23.2 Å². The highest BCUT2D eigenvalue weighted by Gasteiger charge is 2.39. The molecule has 11 nitrogen and oxygen atoms in total. The maximum Gasteiger partial charge on any atom is 0.407 e. The Bertz CT molecular complexity index is 1480. The second kappa shape index (κ2) is 14.1. The van der Waals surface area contributed by atoms with Gasteiger partial charge in [-0.25, -0.2) is 27.9 Å². The minimum absolute atomic E-state index is 0.0533. The molecule has 0 saturated carbocycles. The average molecular weight is 646 g/mol. The van der Waals surface area contributed by atoms with E-state index in [0.717, 1.165) is 50.7 Å². The lowest BCUT2D eigenvalue weighted by atomic mass is 9.84. The first-order valence-electron chi connectivity index (χ1n) is 15.8. The average Bonchev–Trinajstić information content (AvgIpc) is 3.66. The van der Waals surface area contributed by atoms with Crippen LogP contribution >= 0.6 is 0 Å². The Hall–Kier alpha value is -4.10. The van der Waals surface area contributed by atoms with Gasteiger partial charge in [0.1, 0.15) is 11.4 Å². The number of carbonyl (C=O) groups is 1. The summed E-state index contributed by atoms with van der Waals surface area (Å²) in [6.07, 6.45) is 6.14. The molecule has 0 bridgehead atoms. The van der Waals surface area contributed by atoms with E-state index in [-0.39, 0.29) is 18.7 Å². The van der Waals surface area contributed by atoms with Crippen LogP contribution in [0.5, 0.6) is 5.75 Å². The molecule has 0 spiro atoms. The molecule has 1 N–H and O–H groups in total. The van der Waals surface area contributed by atoms with Crippen molar-refractivity contribution in [3.05, 3.63) is 53.4 Å². The highest BCUT2D eigenvalue weighted by molar-refractivity contribution is 5.68. The number of benzene rings is 1. The van der Waals surface area contributed by atoms with Crippen LogP contribution in [0.4, 0.5) is 29.9 Å². The number of amides is 1. The number of nitrogens with one attached hydrogen (secondary N) is 1. The molecule has 2 aromatic heterocycles. The Morgan fingerprint density at radius 2 is 1.76 bits per heavy atom. The van der Waals surface area contributed by atoms with Crippen molar-refractivity contribution in [3.8, 4) is 5.75 Å². The van der Waals surface area contributed by atoms with E-state index in [1.807, 2.05) is 6.92 Å². The first-order chi connectivity index (χ1) is 21.9.